The normalized spacial score (nSPS) is 13.9. The molecule has 1 rings (SSSR count). The molecular formula is C13H18O4S. The SMILES string of the molecule is COCCS(=O)C(C)C(=O)c1ccc(OC)cc1. The van der Waals surface area contributed by atoms with Gasteiger partial charge in [-0.1, -0.05) is 0 Å². The van der Waals surface area contributed by atoms with Crippen LogP contribution in [0, 0.1) is 0 Å². The van der Waals surface area contributed by atoms with Gasteiger partial charge in [-0.2, -0.15) is 0 Å². The van der Waals surface area contributed by atoms with E-state index in [4.69, 9.17) is 9.47 Å². The predicted molar refractivity (Wildman–Crippen MR) is 71.7 cm³/mol. The molecule has 0 saturated carbocycles. The first kappa shape index (κ1) is 14.9. The first-order valence-corrected chi connectivity index (χ1v) is 7.02. The highest BCUT2D eigenvalue weighted by molar-refractivity contribution is 7.86. The smallest absolute Gasteiger partial charge is 0.178 e. The van der Waals surface area contributed by atoms with E-state index in [-0.39, 0.29) is 5.78 Å². The van der Waals surface area contributed by atoms with Gasteiger partial charge in [0, 0.05) is 29.2 Å². The van der Waals surface area contributed by atoms with E-state index in [2.05, 4.69) is 0 Å². The Balaban J connectivity index is 2.70. The van der Waals surface area contributed by atoms with Gasteiger partial charge in [0.25, 0.3) is 0 Å². The molecule has 0 aliphatic rings. The summed E-state index contributed by atoms with van der Waals surface area (Å²) in [5, 5.41) is -0.520. The Morgan fingerprint density at radius 3 is 2.39 bits per heavy atom. The Bertz CT molecular complexity index is 414. The van der Waals surface area contributed by atoms with Crippen LogP contribution in [0.4, 0.5) is 0 Å². The van der Waals surface area contributed by atoms with E-state index < -0.39 is 16.0 Å². The van der Waals surface area contributed by atoms with Crippen LogP contribution < -0.4 is 4.74 Å². The maximum absolute atomic E-state index is 12.1. The fourth-order valence-electron chi connectivity index (χ4n) is 1.45. The summed E-state index contributed by atoms with van der Waals surface area (Å²) in [5.41, 5.74) is 0.550. The second kappa shape index (κ2) is 7.28. The number of hydrogen-bond donors (Lipinski definition) is 0. The van der Waals surface area contributed by atoms with Crippen LogP contribution in [-0.2, 0) is 15.5 Å². The lowest BCUT2D eigenvalue weighted by Crippen LogP contribution is -2.25. The topological polar surface area (TPSA) is 52.6 Å². The third-order valence-corrected chi connectivity index (χ3v) is 4.20. The summed E-state index contributed by atoms with van der Waals surface area (Å²) in [4.78, 5) is 12.1. The molecule has 0 bridgehead atoms. The number of ether oxygens (including phenoxy) is 2. The van der Waals surface area contributed by atoms with Gasteiger partial charge in [-0.3, -0.25) is 9.00 Å². The molecule has 5 heteroatoms. The molecule has 0 spiro atoms. The number of methoxy groups -OCH3 is 2. The summed E-state index contributed by atoms with van der Waals surface area (Å²) in [7, 11) is 1.91. The monoisotopic (exact) mass is 270 g/mol. The fourth-order valence-corrected chi connectivity index (χ4v) is 2.51. The molecule has 100 valence electrons. The molecule has 0 radical (unpaired) electrons. The molecule has 2 unspecified atom stereocenters. The van der Waals surface area contributed by atoms with E-state index in [1.54, 1.807) is 45.4 Å². The summed E-state index contributed by atoms with van der Waals surface area (Å²) in [6, 6.07) is 6.81. The third-order valence-electron chi connectivity index (χ3n) is 2.63. The van der Waals surface area contributed by atoms with Crippen molar-refractivity contribution in [2.75, 3.05) is 26.6 Å². The van der Waals surface area contributed by atoms with Crippen LogP contribution >= 0.6 is 0 Å². The van der Waals surface area contributed by atoms with Crippen LogP contribution in [0.3, 0.4) is 0 Å². The van der Waals surface area contributed by atoms with Crippen LogP contribution in [-0.4, -0.2) is 41.8 Å². The summed E-state index contributed by atoms with van der Waals surface area (Å²) in [6.07, 6.45) is 0. The predicted octanol–water partition coefficient (Wildman–Crippen LogP) is 1.66. The fraction of sp³-hybridized carbons (Fsp3) is 0.462. The summed E-state index contributed by atoms with van der Waals surface area (Å²) in [5.74, 6) is 0.950. The molecular weight excluding hydrogens is 252 g/mol. The average Bonchev–Trinajstić information content (AvgIpc) is 2.43. The lowest BCUT2D eigenvalue weighted by Gasteiger charge is -2.10. The van der Waals surface area contributed by atoms with E-state index in [0.717, 1.165) is 0 Å². The van der Waals surface area contributed by atoms with Crippen LogP contribution in [0.1, 0.15) is 17.3 Å². The molecule has 0 fully saturated rings. The number of hydrogen-bond acceptors (Lipinski definition) is 4. The van der Waals surface area contributed by atoms with Crippen LogP contribution in [0.25, 0.3) is 0 Å². The maximum Gasteiger partial charge on any atom is 0.178 e. The molecule has 1 aromatic rings. The van der Waals surface area contributed by atoms with Gasteiger partial charge < -0.3 is 9.47 Å². The molecule has 0 aromatic heterocycles. The van der Waals surface area contributed by atoms with E-state index in [1.807, 2.05) is 0 Å². The van der Waals surface area contributed by atoms with E-state index in [0.29, 0.717) is 23.7 Å². The van der Waals surface area contributed by atoms with Crippen molar-refractivity contribution in [1.29, 1.82) is 0 Å². The molecule has 2 atom stereocenters. The Hall–Kier alpha value is -1.20. The second-order valence-corrected chi connectivity index (χ2v) is 5.69. The van der Waals surface area contributed by atoms with Gasteiger partial charge in [0.1, 0.15) is 5.75 Å². The number of ketones is 1. The standard InChI is InChI=1S/C13H18O4S/c1-10(18(15)9-8-16-2)13(14)11-4-6-12(17-3)7-5-11/h4-7,10H,8-9H2,1-3H3. The quantitative estimate of drug-likeness (QED) is 0.707. The zero-order chi connectivity index (χ0) is 13.5. The molecule has 0 aliphatic heterocycles. The van der Waals surface area contributed by atoms with Crippen molar-refractivity contribution in [3.8, 4) is 5.75 Å². The molecule has 0 saturated heterocycles. The molecule has 0 N–H and O–H groups in total. The third kappa shape index (κ3) is 3.92. The largest absolute Gasteiger partial charge is 0.497 e. The minimum atomic E-state index is -1.21. The Labute approximate surface area is 110 Å². The van der Waals surface area contributed by atoms with Gasteiger partial charge in [0.15, 0.2) is 5.78 Å². The van der Waals surface area contributed by atoms with Gasteiger partial charge in [-0.25, -0.2) is 0 Å². The molecule has 0 heterocycles. The van der Waals surface area contributed by atoms with E-state index >= 15 is 0 Å². The van der Waals surface area contributed by atoms with Gasteiger partial charge in [0.2, 0.25) is 0 Å². The minimum absolute atomic E-state index is 0.118. The number of Topliss-reactive ketones (excluding diaryl/α,β-unsaturated/α-hetero) is 1. The number of rotatable bonds is 7. The lowest BCUT2D eigenvalue weighted by molar-refractivity contribution is 0.0992. The zero-order valence-electron chi connectivity index (χ0n) is 10.8. The van der Waals surface area contributed by atoms with Crippen molar-refractivity contribution in [3.63, 3.8) is 0 Å². The summed E-state index contributed by atoms with van der Waals surface area (Å²) < 4.78 is 21.7. The van der Waals surface area contributed by atoms with E-state index in [9.17, 15) is 9.00 Å². The highest BCUT2D eigenvalue weighted by Gasteiger charge is 2.21. The summed E-state index contributed by atoms with van der Waals surface area (Å²) in [6.45, 7) is 2.07. The highest BCUT2D eigenvalue weighted by atomic mass is 32.2. The highest BCUT2D eigenvalue weighted by Crippen LogP contribution is 2.14. The Morgan fingerprint density at radius 1 is 1.28 bits per heavy atom. The Morgan fingerprint density at radius 2 is 1.89 bits per heavy atom. The molecule has 0 aliphatic carbocycles. The van der Waals surface area contributed by atoms with Gasteiger partial charge in [-0.15, -0.1) is 0 Å². The van der Waals surface area contributed by atoms with Crippen molar-refractivity contribution in [2.24, 2.45) is 0 Å². The van der Waals surface area contributed by atoms with Crippen molar-refractivity contribution in [1.82, 2.24) is 0 Å². The molecule has 0 amide bonds. The van der Waals surface area contributed by atoms with Crippen LogP contribution in [0.2, 0.25) is 0 Å². The number of carbonyl (C=O) groups is 1. The van der Waals surface area contributed by atoms with Crippen molar-refractivity contribution < 1.29 is 18.5 Å². The van der Waals surface area contributed by atoms with Crippen molar-refractivity contribution in [2.45, 2.75) is 12.2 Å². The van der Waals surface area contributed by atoms with Gasteiger partial charge >= 0.3 is 0 Å². The number of benzene rings is 1. The van der Waals surface area contributed by atoms with Gasteiger partial charge in [-0.05, 0) is 31.2 Å². The maximum atomic E-state index is 12.1. The molecule has 1 aromatic carbocycles. The van der Waals surface area contributed by atoms with Crippen LogP contribution in [0.5, 0.6) is 5.75 Å². The molecule has 18 heavy (non-hydrogen) atoms. The average molecular weight is 270 g/mol. The summed E-state index contributed by atoms with van der Waals surface area (Å²) >= 11 is 0. The van der Waals surface area contributed by atoms with E-state index in [1.165, 1.54) is 0 Å². The minimum Gasteiger partial charge on any atom is -0.497 e. The lowest BCUT2D eigenvalue weighted by atomic mass is 10.1. The number of carbonyl (C=O) groups excluding carboxylic acids is 1. The first-order chi connectivity index (χ1) is 8.60. The zero-order valence-corrected chi connectivity index (χ0v) is 11.7. The van der Waals surface area contributed by atoms with Crippen molar-refractivity contribution >= 4 is 16.6 Å². The molecule has 4 nitrogen and oxygen atoms in total. The van der Waals surface area contributed by atoms with Crippen molar-refractivity contribution in [3.05, 3.63) is 29.8 Å². The Kier molecular flexibility index (Phi) is 6.01. The second-order valence-electron chi connectivity index (χ2n) is 3.81. The van der Waals surface area contributed by atoms with Gasteiger partial charge in [0.05, 0.1) is 19.0 Å². The van der Waals surface area contributed by atoms with Crippen LogP contribution in [0.15, 0.2) is 24.3 Å². The first-order valence-electron chi connectivity index (χ1n) is 5.64.